The first-order valence-corrected chi connectivity index (χ1v) is 5.67. The van der Waals surface area contributed by atoms with Gasteiger partial charge >= 0.3 is 0 Å². The van der Waals surface area contributed by atoms with Crippen molar-refractivity contribution in [2.24, 2.45) is 0 Å². The first kappa shape index (κ1) is 12.8. The quantitative estimate of drug-likeness (QED) is 0.872. The number of hydrogen-bond acceptors (Lipinski definition) is 5. The highest BCUT2D eigenvalue weighted by molar-refractivity contribution is 6.05. The number of pyridine rings is 2. The number of nitrogens with zero attached hydrogens (tertiary/aromatic N) is 3. The standard InChI is InChI=1S/C13H14N4O2/c1-17(2)12-9(5-3-8-15-12)16-13(19)11-10(18)6-4-7-14-11/h3-8,18H,1-2H3,(H,16,19). The Bertz CT molecular complexity index is 599. The van der Waals surface area contributed by atoms with Crippen LogP contribution in [0.4, 0.5) is 11.5 Å². The van der Waals surface area contributed by atoms with E-state index in [9.17, 15) is 9.90 Å². The molecule has 0 atom stereocenters. The van der Waals surface area contributed by atoms with E-state index < -0.39 is 5.91 Å². The van der Waals surface area contributed by atoms with Crippen LogP contribution in [0.15, 0.2) is 36.7 Å². The molecule has 2 heterocycles. The second-order valence-electron chi connectivity index (χ2n) is 4.09. The van der Waals surface area contributed by atoms with Crippen LogP contribution < -0.4 is 10.2 Å². The fourth-order valence-corrected chi connectivity index (χ4v) is 1.60. The molecule has 2 aromatic rings. The minimum atomic E-state index is -0.478. The SMILES string of the molecule is CN(C)c1ncccc1NC(=O)c1ncccc1O. The van der Waals surface area contributed by atoms with Gasteiger partial charge in [0, 0.05) is 26.5 Å². The summed E-state index contributed by atoms with van der Waals surface area (Å²) in [6.07, 6.45) is 3.09. The average Bonchev–Trinajstić information content (AvgIpc) is 2.39. The smallest absolute Gasteiger partial charge is 0.278 e. The van der Waals surface area contributed by atoms with Gasteiger partial charge in [-0.15, -0.1) is 0 Å². The van der Waals surface area contributed by atoms with Crippen molar-refractivity contribution < 1.29 is 9.90 Å². The van der Waals surface area contributed by atoms with Crippen LogP contribution in [-0.4, -0.2) is 35.1 Å². The molecule has 0 saturated carbocycles. The van der Waals surface area contributed by atoms with E-state index in [4.69, 9.17) is 0 Å². The lowest BCUT2D eigenvalue weighted by Gasteiger charge is -2.16. The lowest BCUT2D eigenvalue weighted by Crippen LogP contribution is -2.18. The number of aromatic nitrogens is 2. The molecule has 0 saturated heterocycles. The van der Waals surface area contributed by atoms with E-state index in [-0.39, 0.29) is 11.4 Å². The summed E-state index contributed by atoms with van der Waals surface area (Å²) in [5.41, 5.74) is 0.540. The molecule has 0 aliphatic heterocycles. The third-order valence-electron chi connectivity index (χ3n) is 2.46. The van der Waals surface area contributed by atoms with Gasteiger partial charge in [-0.2, -0.15) is 0 Å². The molecule has 6 heteroatoms. The van der Waals surface area contributed by atoms with Gasteiger partial charge in [0.05, 0.1) is 5.69 Å². The molecule has 6 nitrogen and oxygen atoms in total. The first-order valence-electron chi connectivity index (χ1n) is 5.67. The van der Waals surface area contributed by atoms with Crippen molar-refractivity contribution in [2.75, 3.05) is 24.3 Å². The van der Waals surface area contributed by atoms with E-state index in [0.29, 0.717) is 11.5 Å². The van der Waals surface area contributed by atoms with Crippen LogP contribution in [0.5, 0.6) is 5.75 Å². The Morgan fingerprint density at radius 2 is 1.89 bits per heavy atom. The summed E-state index contributed by atoms with van der Waals surface area (Å²) < 4.78 is 0. The Morgan fingerprint density at radius 3 is 2.58 bits per heavy atom. The zero-order chi connectivity index (χ0) is 13.8. The van der Waals surface area contributed by atoms with Crippen molar-refractivity contribution in [1.82, 2.24) is 9.97 Å². The largest absolute Gasteiger partial charge is 0.505 e. The maximum Gasteiger partial charge on any atom is 0.278 e. The normalized spacial score (nSPS) is 10.0. The van der Waals surface area contributed by atoms with Gasteiger partial charge in [0.15, 0.2) is 11.5 Å². The van der Waals surface area contributed by atoms with Gasteiger partial charge in [-0.05, 0) is 24.3 Å². The number of rotatable bonds is 3. The second kappa shape index (κ2) is 5.34. The van der Waals surface area contributed by atoms with E-state index in [1.54, 1.807) is 29.3 Å². The summed E-state index contributed by atoms with van der Waals surface area (Å²) in [6.45, 7) is 0. The third-order valence-corrected chi connectivity index (χ3v) is 2.46. The van der Waals surface area contributed by atoms with Crippen LogP contribution in [0.25, 0.3) is 0 Å². The maximum atomic E-state index is 12.0. The molecule has 0 aromatic carbocycles. The van der Waals surface area contributed by atoms with Crippen LogP contribution >= 0.6 is 0 Å². The molecular weight excluding hydrogens is 244 g/mol. The van der Waals surface area contributed by atoms with E-state index in [2.05, 4.69) is 15.3 Å². The monoisotopic (exact) mass is 258 g/mol. The number of hydrogen-bond donors (Lipinski definition) is 2. The number of carbonyl (C=O) groups is 1. The van der Waals surface area contributed by atoms with Crippen molar-refractivity contribution in [3.63, 3.8) is 0 Å². The number of carbonyl (C=O) groups excluding carboxylic acids is 1. The van der Waals surface area contributed by atoms with Crippen LogP contribution in [0.1, 0.15) is 10.5 Å². The zero-order valence-electron chi connectivity index (χ0n) is 10.7. The van der Waals surface area contributed by atoms with Crippen molar-refractivity contribution in [3.05, 3.63) is 42.4 Å². The van der Waals surface area contributed by atoms with Crippen LogP contribution in [0.2, 0.25) is 0 Å². The molecule has 2 rings (SSSR count). The molecule has 1 amide bonds. The molecule has 0 unspecified atom stereocenters. The zero-order valence-corrected chi connectivity index (χ0v) is 10.7. The van der Waals surface area contributed by atoms with Gasteiger partial charge in [-0.25, -0.2) is 9.97 Å². The van der Waals surface area contributed by atoms with Gasteiger partial charge in [0.25, 0.3) is 5.91 Å². The highest BCUT2D eigenvalue weighted by Gasteiger charge is 2.15. The molecule has 2 aromatic heterocycles. The minimum Gasteiger partial charge on any atom is -0.505 e. The van der Waals surface area contributed by atoms with Gasteiger partial charge in [0.2, 0.25) is 0 Å². The van der Waals surface area contributed by atoms with Gasteiger partial charge in [-0.3, -0.25) is 4.79 Å². The fourth-order valence-electron chi connectivity index (χ4n) is 1.60. The van der Waals surface area contributed by atoms with E-state index in [0.717, 1.165) is 0 Å². The number of aromatic hydroxyl groups is 1. The molecule has 0 spiro atoms. The number of anilines is 2. The summed E-state index contributed by atoms with van der Waals surface area (Å²) in [6, 6.07) is 6.43. The summed E-state index contributed by atoms with van der Waals surface area (Å²) in [5, 5.41) is 12.3. The Morgan fingerprint density at radius 1 is 1.21 bits per heavy atom. The Kier molecular flexibility index (Phi) is 3.61. The van der Waals surface area contributed by atoms with Crippen molar-refractivity contribution >= 4 is 17.4 Å². The lowest BCUT2D eigenvalue weighted by atomic mass is 10.3. The summed E-state index contributed by atoms with van der Waals surface area (Å²) in [5.74, 6) is -0.00392. The molecule has 0 radical (unpaired) electrons. The molecule has 0 fully saturated rings. The van der Waals surface area contributed by atoms with E-state index >= 15 is 0 Å². The molecular formula is C13H14N4O2. The highest BCUT2D eigenvalue weighted by Crippen LogP contribution is 2.22. The predicted octanol–water partition coefficient (Wildman–Crippen LogP) is 1.50. The Labute approximate surface area is 110 Å². The van der Waals surface area contributed by atoms with Crippen molar-refractivity contribution in [2.45, 2.75) is 0 Å². The summed E-state index contributed by atoms with van der Waals surface area (Å²) >= 11 is 0. The minimum absolute atomic E-state index is 0.0175. The molecule has 98 valence electrons. The number of amides is 1. The third kappa shape index (κ3) is 2.79. The highest BCUT2D eigenvalue weighted by atomic mass is 16.3. The van der Waals surface area contributed by atoms with Crippen LogP contribution in [-0.2, 0) is 0 Å². The second-order valence-corrected chi connectivity index (χ2v) is 4.09. The predicted molar refractivity (Wildman–Crippen MR) is 72.4 cm³/mol. The van der Waals surface area contributed by atoms with Crippen molar-refractivity contribution in [1.29, 1.82) is 0 Å². The van der Waals surface area contributed by atoms with Crippen molar-refractivity contribution in [3.8, 4) is 5.75 Å². The van der Waals surface area contributed by atoms with Crippen LogP contribution in [0, 0.1) is 0 Å². The maximum absolute atomic E-state index is 12.0. The Balaban J connectivity index is 2.27. The molecule has 0 aliphatic carbocycles. The topological polar surface area (TPSA) is 78.4 Å². The lowest BCUT2D eigenvalue weighted by molar-refractivity contribution is 0.101. The van der Waals surface area contributed by atoms with E-state index in [1.165, 1.54) is 12.3 Å². The number of nitrogens with one attached hydrogen (secondary N) is 1. The molecule has 19 heavy (non-hydrogen) atoms. The average molecular weight is 258 g/mol. The van der Waals surface area contributed by atoms with Crippen LogP contribution in [0.3, 0.4) is 0 Å². The molecule has 0 aliphatic rings. The Hall–Kier alpha value is -2.63. The van der Waals surface area contributed by atoms with Gasteiger partial charge < -0.3 is 15.3 Å². The molecule has 2 N–H and O–H groups in total. The summed E-state index contributed by atoms with van der Waals surface area (Å²) in [4.78, 5) is 21.8. The van der Waals surface area contributed by atoms with E-state index in [1.807, 2.05) is 14.1 Å². The molecule has 0 bridgehead atoms. The first-order chi connectivity index (χ1) is 9.09. The summed E-state index contributed by atoms with van der Waals surface area (Å²) in [7, 11) is 3.66. The van der Waals surface area contributed by atoms with Gasteiger partial charge in [-0.1, -0.05) is 0 Å². The fraction of sp³-hybridized carbons (Fsp3) is 0.154. The van der Waals surface area contributed by atoms with Gasteiger partial charge in [0.1, 0.15) is 5.75 Å².